The van der Waals surface area contributed by atoms with Gasteiger partial charge in [-0.15, -0.1) is 0 Å². The van der Waals surface area contributed by atoms with E-state index in [1.807, 2.05) is 48.0 Å². The fraction of sp³-hybridized carbons (Fsp3) is 0.250. The Labute approximate surface area is 186 Å². The molecule has 1 aliphatic rings. The number of nitrogens with one attached hydrogen (secondary N) is 2. The normalized spacial score (nSPS) is 15.2. The van der Waals surface area contributed by atoms with Crippen LogP contribution in [0, 0.1) is 6.92 Å². The number of hydrogen-bond donors (Lipinski definition) is 4. The first-order chi connectivity index (χ1) is 15.6. The number of para-hydroxylation sites is 1. The second-order valence-corrected chi connectivity index (χ2v) is 8.02. The fourth-order valence-corrected chi connectivity index (χ4v) is 4.17. The minimum atomic E-state index is -1.06. The molecule has 0 bridgehead atoms. The van der Waals surface area contributed by atoms with Crippen LogP contribution in [0.3, 0.4) is 0 Å². The maximum Gasteiger partial charge on any atom is 0.229 e. The number of anilines is 3. The Kier molecular flexibility index (Phi) is 5.48. The van der Waals surface area contributed by atoms with Crippen LogP contribution in [0.5, 0.6) is 0 Å². The minimum absolute atomic E-state index is 0.516. The predicted molar refractivity (Wildman–Crippen MR) is 128 cm³/mol. The van der Waals surface area contributed by atoms with Gasteiger partial charge in [0.2, 0.25) is 5.95 Å². The molecule has 2 aromatic carbocycles. The van der Waals surface area contributed by atoms with Gasteiger partial charge in [0.05, 0.1) is 5.52 Å². The second kappa shape index (κ2) is 8.58. The van der Waals surface area contributed by atoms with Crippen LogP contribution >= 0.6 is 0 Å². The number of benzene rings is 2. The quantitative estimate of drug-likeness (QED) is 0.362. The topological polar surface area (TPSA) is 104 Å². The highest BCUT2D eigenvalue weighted by Crippen LogP contribution is 2.28. The van der Waals surface area contributed by atoms with E-state index in [1.165, 1.54) is 5.69 Å². The molecule has 5 N–H and O–H groups in total. The molecule has 0 spiro atoms. The van der Waals surface area contributed by atoms with Crippen molar-refractivity contribution < 1.29 is 5.11 Å². The molecule has 32 heavy (non-hydrogen) atoms. The van der Waals surface area contributed by atoms with Gasteiger partial charge in [-0.2, -0.15) is 4.98 Å². The lowest BCUT2D eigenvalue weighted by Crippen LogP contribution is -2.43. The highest BCUT2D eigenvalue weighted by Gasteiger charge is 2.15. The van der Waals surface area contributed by atoms with E-state index in [1.54, 1.807) is 0 Å². The Morgan fingerprint density at radius 1 is 1.06 bits per heavy atom. The number of nitrogens with zero attached hydrogens (tertiary/aromatic N) is 4. The van der Waals surface area contributed by atoms with Crippen molar-refractivity contribution >= 4 is 28.2 Å². The number of piperazine rings is 1. The van der Waals surface area contributed by atoms with Crippen molar-refractivity contribution in [1.29, 1.82) is 0 Å². The number of nitrogens with two attached hydrogens (primary N) is 1. The molecule has 4 aromatic rings. The summed E-state index contributed by atoms with van der Waals surface area (Å²) >= 11 is 0. The summed E-state index contributed by atoms with van der Waals surface area (Å²) in [4.78, 5) is 11.7. The summed E-state index contributed by atoms with van der Waals surface area (Å²) < 4.78 is 1.94. The van der Waals surface area contributed by atoms with Crippen molar-refractivity contribution in [2.24, 2.45) is 5.73 Å². The van der Waals surface area contributed by atoms with Gasteiger partial charge in [0.1, 0.15) is 12.0 Å². The van der Waals surface area contributed by atoms with E-state index in [9.17, 15) is 5.11 Å². The van der Waals surface area contributed by atoms with Gasteiger partial charge in [-0.3, -0.25) is 0 Å². The van der Waals surface area contributed by atoms with Crippen molar-refractivity contribution in [2.75, 3.05) is 36.4 Å². The van der Waals surface area contributed by atoms with Gasteiger partial charge in [0.15, 0.2) is 0 Å². The molecule has 164 valence electrons. The van der Waals surface area contributed by atoms with Crippen LogP contribution in [0.2, 0.25) is 0 Å². The molecular formula is C24H27N7O. The number of aliphatic hydroxyl groups excluding tert-OH is 1. The molecule has 3 heterocycles. The van der Waals surface area contributed by atoms with E-state index in [0.717, 1.165) is 48.5 Å². The smallest absolute Gasteiger partial charge is 0.229 e. The van der Waals surface area contributed by atoms with E-state index in [-0.39, 0.29) is 0 Å². The van der Waals surface area contributed by atoms with Gasteiger partial charge in [-0.25, -0.2) is 4.98 Å². The SMILES string of the molecule is Cc1cc(-n2cc(C(N)O)c3ccccc32)nc(Nc2ccc(N3CCNCC3)cc2)n1. The average molecular weight is 430 g/mol. The lowest BCUT2D eigenvalue weighted by atomic mass is 10.1. The molecule has 0 radical (unpaired) electrons. The number of fused-ring (bicyclic) bond motifs is 1. The molecule has 1 saturated heterocycles. The molecule has 1 unspecified atom stereocenters. The standard InChI is InChI=1S/C24H27N7O/c1-16-14-22(31-15-20(23(25)32)19-4-2-3-5-21(19)31)29-24(27-16)28-17-6-8-18(9-7-17)30-12-10-26-11-13-30/h2-9,14-15,23,26,32H,10-13,25H2,1H3,(H,27,28,29). The molecule has 2 aromatic heterocycles. The van der Waals surface area contributed by atoms with E-state index in [2.05, 4.69) is 44.8 Å². The van der Waals surface area contributed by atoms with E-state index in [4.69, 9.17) is 10.7 Å². The Hall–Kier alpha value is -3.46. The van der Waals surface area contributed by atoms with Gasteiger partial charge in [0.25, 0.3) is 0 Å². The van der Waals surface area contributed by atoms with Gasteiger partial charge >= 0.3 is 0 Å². The van der Waals surface area contributed by atoms with Crippen LogP contribution in [-0.4, -0.2) is 45.8 Å². The summed E-state index contributed by atoms with van der Waals surface area (Å²) in [5, 5.41) is 17.6. The van der Waals surface area contributed by atoms with Crippen molar-refractivity contribution in [3.63, 3.8) is 0 Å². The molecule has 8 nitrogen and oxygen atoms in total. The average Bonchev–Trinajstić information content (AvgIpc) is 3.20. The molecule has 0 saturated carbocycles. The van der Waals surface area contributed by atoms with Gasteiger partial charge in [0, 0.05) is 66.5 Å². The van der Waals surface area contributed by atoms with Gasteiger partial charge in [-0.05, 0) is 37.3 Å². The Bertz CT molecular complexity index is 1230. The lowest BCUT2D eigenvalue weighted by molar-refractivity contribution is 0.187. The minimum Gasteiger partial charge on any atom is -0.374 e. The molecule has 1 fully saturated rings. The Morgan fingerprint density at radius 3 is 2.56 bits per heavy atom. The van der Waals surface area contributed by atoms with Crippen molar-refractivity contribution in [3.05, 3.63) is 72.1 Å². The predicted octanol–water partition coefficient (Wildman–Crippen LogP) is 2.83. The Morgan fingerprint density at radius 2 is 1.81 bits per heavy atom. The van der Waals surface area contributed by atoms with Crippen molar-refractivity contribution in [2.45, 2.75) is 13.2 Å². The summed E-state index contributed by atoms with van der Waals surface area (Å²) in [5.74, 6) is 1.23. The third-order valence-electron chi connectivity index (χ3n) is 5.75. The van der Waals surface area contributed by atoms with Crippen LogP contribution in [0.1, 0.15) is 17.5 Å². The third kappa shape index (κ3) is 4.03. The summed E-state index contributed by atoms with van der Waals surface area (Å²) in [7, 11) is 0. The lowest BCUT2D eigenvalue weighted by Gasteiger charge is -2.29. The van der Waals surface area contributed by atoms with E-state index >= 15 is 0 Å². The maximum atomic E-state index is 10.0. The largest absolute Gasteiger partial charge is 0.374 e. The fourth-order valence-electron chi connectivity index (χ4n) is 4.17. The van der Waals surface area contributed by atoms with Crippen LogP contribution < -0.4 is 21.3 Å². The zero-order valence-corrected chi connectivity index (χ0v) is 18.0. The van der Waals surface area contributed by atoms with Crippen LogP contribution in [0.25, 0.3) is 16.7 Å². The van der Waals surface area contributed by atoms with E-state index in [0.29, 0.717) is 17.3 Å². The molecule has 8 heteroatoms. The summed E-state index contributed by atoms with van der Waals surface area (Å²) in [6.45, 7) is 5.99. The molecular weight excluding hydrogens is 402 g/mol. The van der Waals surface area contributed by atoms with Crippen molar-refractivity contribution in [3.8, 4) is 5.82 Å². The number of hydrogen-bond acceptors (Lipinski definition) is 7. The monoisotopic (exact) mass is 429 g/mol. The number of rotatable bonds is 5. The van der Waals surface area contributed by atoms with Gasteiger partial charge < -0.3 is 30.9 Å². The zero-order valence-electron chi connectivity index (χ0n) is 18.0. The molecule has 0 aliphatic carbocycles. The first-order valence-electron chi connectivity index (χ1n) is 10.8. The second-order valence-electron chi connectivity index (χ2n) is 8.02. The highest BCUT2D eigenvalue weighted by molar-refractivity contribution is 5.85. The van der Waals surface area contributed by atoms with Gasteiger partial charge in [-0.1, -0.05) is 18.2 Å². The first kappa shape index (κ1) is 20.4. The Balaban J connectivity index is 1.44. The summed E-state index contributed by atoms with van der Waals surface area (Å²) in [6, 6.07) is 18.1. The van der Waals surface area contributed by atoms with Crippen LogP contribution in [0.15, 0.2) is 60.8 Å². The zero-order chi connectivity index (χ0) is 22.1. The summed E-state index contributed by atoms with van der Waals surface area (Å²) in [5.41, 5.74) is 10.4. The summed E-state index contributed by atoms with van der Waals surface area (Å²) in [6.07, 6.45) is 0.777. The van der Waals surface area contributed by atoms with Crippen molar-refractivity contribution in [1.82, 2.24) is 19.9 Å². The molecule has 1 atom stereocenters. The van der Waals surface area contributed by atoms with Crippen LogP contribution in [-0.2, 0) is 0 Å². The first-order valence-corrected chi connectivity index (χ1v) is 10.8. The van der Waals surface area contributed by atoms with Crippen LogP contribution in [0.4, 0.5) is 17.3 Å². The number of aromatic nitrogens is 3. The number of aryl methyl sites for hydroxylation is 1. The number of aliphatic hydroxyl groups is 1. The van der Waals surface area contributed by atoms with E-state index < -0.39 is 6.23 Å². The maximum absolute atomic E-state index is 10.0. The molecule has 0 amide bonds. The highest BCUT2D eigenvalue weighted by atomic mass is 16.3. The third-order valence-corrected chi connectivity index (χ3v) is 5.75. The molecule has 5 rings (SSSR count). The molecule has 1 aliphatic heterocycles.